The summed E-state index contributed by atoms with van der Waals surface area (Å²) in [7, 11) is 0. The minimum atomic E-state index is -0.143. The van der Waals surface area contributed by atoms with Crippen LogP contribution in [0, 0.1) is 0 Å². The molecule has 4 nitrogen and oxygen atoms in total. The van der Waals surface area contributed by atoms with Crippen LogP contribution >= 0.6 is 0 Å². The first-order chi connectivity index (χ1) is 7.24. The highest BCUT2D eigenvalue weighted by Gasteiger charge is 2.08. The lowest BCUT2D eigenvalue weighted by molar-refractivity contribution is -0.144. The van der Waals surface area contributed by atoms with Gasteiger partial charge in [-0.15, -0.1) is 0 Å². The zero-order chi connectivity index (χ0) is 11.5. The monoisotopic (exact) mass is 217 g/mol. The molecule has 0 heterocycles. The van der Waals surface area contributed by atoms with E-state index in [0.29, 0.717) is 13.2 Å². The number of carbonyl (C=O) groups excluding carboxylic acids is 1. The summed E-state index contributed by atoms with van der Waals surface area (Å²) < 4.78 is 10.1. The topological polar surface area (TPSA) is 38.8 Å². The fraction of sp³-hybridized carbons (Fsp3) is 0.909. The number of ether oxygens (including phenoxy) is 2. The molecule has 0 saturated carbocycles. The van der Waals surface area contributed by atoms with E-state index in [1.54, 1.807) is 0 Å². The molecule has 0 bridgehead atoms. The molecule has 0 amide bonds. The Hall–Kier alpha value is -0.610. The SMILES string of the molecule is CCOCCCN(CC)CC(=O)OCC. The molecule has 15 heavy (non-hydrogen) atoms. The van der Waals surface area contributed by atoms with E-state index in [4.69, 9.17) is 9.47 Å². The van der Waals surface area contributed by atoms with E-state index in [1.807, 2.05) is 20.8 Å². The highest BCUT2D eigenvalue weighted by molar-refractivity contribution is 5.71. The Labute approximate surface area is 92.5 Å². The van der Waals surface area contributed by atoms with Crippen LogP contribution in [-0.2, 0) is 14.3 Å². The summed E-state index contributed by atoms with van der Waals surface area (Å²) in [4.78, 5) is 13.3. The third-order valence-electron chi connectivity index (χ3n) is 2.07. The summed E-state index contributed by atoms with van der Waals surface area (Å²) in [6.07, 6.45) is 0.959. The molecule has 0 fully saturated rings. The number of nitrogens with zero attached hydrogens (tertiary/aromatic N) is 1. The quantitative estimate of drug-likeness (QED) is 0.431. The second kappa shape index (κ2) is 9.93. The van der Waals surface area contributed by atoms with Gasteiger partial charge < -0.3 is 9.47 Å². The molecule has 0 aromatic heterocycles. The van der Waals surface area contributed by atoms with Crippen molar-refractivity contribution in [2.24, 2.45) is 0 Å². The molecule has 0 aromatic carbocycles. The summed E-state index contributed by atoms with van der Waals surface area (Å²) in [5.74, 6) is -0.143. The number of carbonyl (C=O) groups is 1. The van der Waals surface area contributed by atoms with Gasteiger partial charge in [0, 0.05) is 19.8 Å². The zero-order valence-electron chi connectivity index (χ0n) is 10.1. The average molecular weight is 217 g/mol. The molecule has 0 spiro atoms. The van der Waals surface area contributed by atoms with Crippen molar-refractivity contribution in [3.05, 3.63) is 0 Å². The highest BCUT2D eigenvalue weighted by atomic mass is 16.5. The maximum Gasteiger partial charge on any atom is 0.320 e. The van der Waals surface area contributed by atoms with Gasteiger partial charge in [0.25, 0.3) is 0 Å². The molecule has 4 heteroatoms. The lowest BCUT2D eigenvalue weighted by Crippen LogP contribution is -2.32. The second-order valence-electron chi connectivity index (χ2n) is 3.22. The Morgan fingerprint density at radius 3 is 2.47 bits per heavy atom. The fourth-order valence-corrected chi connectivity index (χ4v) is 1.27. The maximum absolute atomic E-state index is 11.2. The Bertz CT molecular complexity index is 162. The zero-order valence-corrected chi connectivity index (χ0v) is 10.1. The lowest BCUT2D eigenvalue weighted by Gasteiger charge is -2.18. The van der Waals surface area contributed by atoms with Gasteiger partial charge in [0.15, 0.2) is 0 Å². The first-order valence-corrected chi connectivity index (χ1v) is 5.70. The molecule has 0 atom stereocenters. The Morgan fingerprint density at radius 2 is 1.93 bits per heavy atom. The summed E-state index contributed by atoms with van der Waals surface area (Å²) in [6.45, 7) is 9.95. The van der Waals surface area contributed by atoms with Gasteiger partial charge in [-0.2, -0.15) is 0 Å². The third-order valence-corrected chi connectivity index (χ3v) is 2.07. The van der Waals surface area contributed by atoms with Crippen molar-refractivity contribution in [1.29, 1.82) is 0 Å². The third kappa shape index (κ3) is 8.39. The fourth-order valence-electron chi connectivity index (χ4n) is 1.27. The largest absolute Gasteiger partial charge is 0.465 e. The van der Waals surface area contributed by atoms with Crippen LogP contribution in [0.5, 0.6) is 0 Å². The van der Waals surface area contributed by atoms with Gasteiger partial charge in [-0.1, -0.05) is 6.92 Å². The molecule has 0 saturated heterocycles. The smallest absolute Gasteiger partial charge is 0.320 e. The average Bonchev–Trinajstić information content (AvgIpc) is 2.23. The van der Waals surface area contributed by atoms with Crippen LogP contribution in [0.1, 0.15) is 27.2 Å². The van der Waals surface area contributed by atoms with E-state index in [1.165, 1.54) is 0 Å². The number of esters is 1. The summed E-state index contributed by atoms with van der Waals surface area (Å²) in [5, 5.41) is 0. The molecular weight excluding hydrogens is 194 g/mol. The summed E-state index contributed by atoms with van der Waals surface area (Å²) >= 11 is 0. The molecular formula is C11H23NO3. The first kappa shape index (κ1) is 14.4. The minimum absolute atomic E-state index is 0.143. The minimum Gasteiger partial charge on any atom is -0.465 e. The number of hydrogen-bond donors (Lipinski definition) is 0. The van der Waals surface area contributed by atoms with Gasteiger partial charge in [0.1, 0.15) is 0 Å². The van der Waals surface area contributed by atoms with Crippen molar-refractivity contribution < 1.29 is 14.3 Å². The van der Waals surface area contributed by atoms with E-state index in [2.05, 4.69) is 4.90 Å². The van der Waals surface area contributed by atoms with Gasteiger partial charge in [0.2, 0.25) is 0 Å². The molecule has 0 rings (SSSR count). The van der Waals surface area contributed by atoms with Gasteiger partial charge in [-0.25, -0.2) is 0 Å². The molecule has 0 aliphatic heterocycles. The van der Waals surface area contributed by atoms with E-state index in [0.717, 1.165) is 32.7 Å². The van der Waals surface area contributed by atoms with Crippen LogP contribution in [0.25, 0.3) is 0 Å². The standard InChI is InChI=1S/C11H23NO3/c1-4-12(8-7-9-14-5-2)10-11(13)15-6-3/h4-10H2,1-3H3. The van der Waals surface area contributed by atoms with E-state index < -0.39 is 0 Å². The van der Waals surface area contributed by atoms with Crippen LogP contribution in [0.3, 0.4) is 0 Å². The second-order valence-corrected chi connectivity index (χ2v) is 3.22. The van der Waals surface area contributed by atoms with Crippen LogP contribution < -0.4 is 0 Å². The normalized spacial score (nSPS) is 10.7. The Kier molecular flexibility index (Phi) is 9.52. The number of likely N-dealkylation sites (N-methyl/N-ethyl adjacent to an activating group) is 1. The van der Waals surface area contributed by atoms with Crippen molar-refractivity contribution in [2.45, 2.75) is 27.2 Å². The molecule has 0 unspecified atom stereocenters. The van der Waals surface area contributed by atoms with E-state index in [-0.39, 0.29) is 5.97 Å². The van der Waals surface area contributed by atoms with Crippen LogP contribution in [0.4, 0.5) is 0 Å². The molecule has 0 radical (unpaired) electrons. The van der Waals surface area contributed by atoms with Crippen LogP contribution in [-0.4, -0.2) is 50.3 Å². The van der Waals surface area contributed by atoms with Crippen molar-refractivity contribution in [1.82, 2.24) is 4.90 Å². The van der Waals surface area contributed by atoms with Crippen molar-refractivity contribution in [3.8, 4) is 0 Å². The van der Waals surface area contributed by atoms with E-state index >= 15 is 0 Å². The summed E-state index contributed by atoms with van der Waals surface area (Å²) in [6, 6.07) is 0. The van der Waals surface area contributed by atoms with Gasteiger partial charge >= 0.3 is 5.97 Å². The molecule has 0 aliphatic rings. The summed E-state index contributed by atoms with van der Waals surface area (Å²) in [5.41, 5.74) is 0. The number of rotatable bonds is 9. The van der Waals surface area contributed by atoms with Gasteiger partial charge in [0.05, 0.1) is 13.2 Å². The molecule has 90 valence electrons. The highest BCUT2D eigenvalue weighted by Crippen LogP contribution is 1.93. The van der Waals surface area contributed by atoms with Crippen LogP contribution in [0.15, 0.2) is 0 Å². The lowest BCUT2D eigenvalue weighted by atomic mass is 10.4. The van der Waals surface area contributed by atoms with Gasteiger partial charge in [-0.05, 0) is 26.8 Å². The molecule has 0 aliphatic carbocycles. The van der Waals surface area contributed by atoms with Crippen molar-refractivity contribution >= 4 is 5.97 Å². The first-order valence-electron chi connectivity index (χ1n) is 5.70. The Morgan fingerprint density at radius 1 is 1.20 bits per heavy atom. The predicted octanol–water partition coefficient (Wildman–Crippen LogP) is 1.30. The molecule has 0 aromatic rings. The van der Waals surface area contributed by atoms with E-state index in [9.17, 15) is 4.79 Å². The Balaban J connectivity index is 3.58. The van der Waals surface area contributed by atoms with Crippen molar-refractivity contribution in [2.75, 3.05) is 39.5 Å². The van der Waals surface area contributed by atoms with Crippen molar-refractivity contribution in [3.63, 3.8) is 0 Å². The number of hydrogen-bond acceptors (Lipinski definition) is 4. The molecule has 0 N–H and O–H groups in total. The van der Waals surface area contributed by atoms with Gasteiger partial charge in [-0.3, -0.25) is 9.69 Å². The predicted molar refractivity (Wildman–Crippen MR) is 59.9 cm³/mol. The van der Waals surface area contributed by atoms with Crippen LogP contribution in [0.2, 0.25) is 0 Å². The maximum atomic E-state index is 11.2.